The molecule has 2 N–H and O–H groups in total. The van der Waals surface area contributed by atoms with Gasteiger partial charge in [0.05, 0.1) is 25.2 Å². The van der Waals surface area contributed by atoms with Gasteiger partial charge in [-0.3, -0.25) is 4.98 Å². The van der Waals surface area contributed by atoms with Crippen LogP contribution in [0, 0.1) is 0 Å². The van der Waals surface area contributed by atoms with Crippen LogP contribution >= 0.6 is 0 Å². The molecule has 0 aliphatic carbocycles. The Balaban J connectivity index is 1.67. The van der Waals surface area contributed by atoms with E-state index in [2.05, 4.69) is 23.3 Å². The first-order valence-electron chi connectivity index (χ1n) is 9.11. The fourth-order valence-electron chi connectivity index (χ4n) is 3.75. The molecule has 25 heavy (non-hydrogen) atoms. The summed E-state index contributed by atoms with van der Waals surface area (Å²) in [6.45, 7) is 5.71. The number of hydrogen-bond acceptors (Lipinski definition) is 4. The number of likely N-dealkylation sites (tertiary alicyclic amines) is 1. The Labute approximate surface area is 148 Å². The number of rotatable bonds is 5. The van der Waals surface area contributed by atoms with Crippen molar-refractivity contribution < 1.29 is 4.90 Å². The van der Waals surface area contributed by atoms with E-state index in [1.54, 1.807) is 11.1 Å². The van der Waals surface area contributed by atoms with Gasteiger partial charge in [-0.25, -0.2) is 9.97 Å². The van der Waals surface area contributed by atoms with Crippen molar-refractivity contribution in [1.29, 1.82) is 0 Å². The predicted molar refractivity (Wildman–Crippen MR) is 101 cm³/mol. The standard InChI is InChI=1S/C20H23N5/c1-2-25-12-6-8-16(25)14-22-20-17-9-3-4-10-18(17)23-19(24-20)15-7-5-11-21-13-15/h3-5,7,9-11,13,16H,2,6,8,12,14H2,1H3,(H,22,23,24)/p+1/t16-/m0/s1. The Bertz CT molecular complexity index is 849. The Morgan fingerprint density at radius 3 is 2.92 bits per heavy atom. The smallest absolute Gasteiger partial charge is 0.163 e. The minimum absolute atomic E-state index is 0.667. The van der Waals surface area contributed by atoms with Gasteiger partial charge in [-0.2, -0.15) is 0 Å². The molecule has 1 saturated heterocycles. The molecule has 0 bridgehead atoms. The first kappa shape index (κ1) is 16.0. The maximum atomic E-state index is 4.81. The van der Waals surface area contributed by atoms with Crippen molar-refractivity contribution in [3.8, 4) is 11.4 Å². The molecule has 3 aromatic rings. The van der Waals surface area contributed by atoms with Crippen LogP contribution in [0.2, 0.25) is 0 Å². The summed E-state index contributed by atoms with van der Waals surface area (Å²) in [5.74, 6) is 1.65. The molecule has 2 atom stereocenters. The van der Waals surface area contributed by atoms with Crippen LogP contribution in [0.4, 0.5) is 5.82 Å². The average Bonchev–Trinajstić information content (AvgIpc) is 3.14. The van der Waals surface area contributed by atoms with Gasteiger partial charge < -0.3 is 10.2 Å². The van der Waals surface area contributed by atoms with E-state index in [4.69, 9.17) is 9.97 Å². The number of anilines is 1. The summed E-state index contributed by atoms with van der Waals surface area (Å²) in [4.78, 5) is 15.4. The van der Waals surface area contributed by atoms with Crippen molar-refractivity contribution in [2.24, 2.45) is 0 Å². The summed E-state index contributed by atoms with van der Waals surface area (Å²) >= 11 is 0. The lowest BCUT2D eigenvalue weighted by Gasteiger charge is -2.21. The van der Waals surface area contributed by atoms with E-state index >= 15 is 0 Å². The minimum Gasteiger partial charge on any atom is -0.363 e. The van der Waals surface area contributed by atoms with Gasteiger partial charge in [0.2, 0.25) is 0 Å². The lowest BCUT2D eigenvalue weighted by molar-refractivity contribution is -0.908. The van der Waals surface area contributed by atoms with E-state index in [1.807, 2.05) is 36.5 Å². The van der Waals surface area contributed by atoms with Gasteiger partial charge in [-0.1, -0.05) is 12.1 Å². The van der Waals surface area contributed by atoms with Gasteiger partial charge in [0.25, 0.3) is 0 Å². The highest BCUT2D eigenvalue weighted by Gasteiger charge is 2.26. The second-order valence-electron chi connectivity index (χ2n) is 6.64. The first-order chi connectivity index (χ1) is 12.3. The van der Waals surface area contributed by atoms with Gasteiger partial charge in [0.1, 0.15) is 11.9 Å². The van der Waals surface area contributed by atoms with E-state index in [0.717, 1.165) is 34.7 Å². The van der Waals surface area contributed by atoms with E-state index in [0.29, 0.717) is 6.04 Å². The normalized spacial score (nSPS) is 20.0. The lowest BCUT2D eigenvalue weighted by Crippen LogP contribution is -3.14. The summed E-state index contributed by atoms with van der Waals surface area (Å²) in [5, 5.41) is 4.69. The topological polar surface area (TPSA) is 55.1 Å². The highest BCUT2D eigenvalue weighted by Crippen LogP contribution is 2.24. The van der Waals surface area contributed by atoms with Gasteiger partial charge in [0.15, 0.2) is 5.82 Å². The first-order valence-corrected chi connectivity index (χ1v) is 9.11. The molecule has 1 aromatic carbocycles. The molecular formula is C20H24N5+. The Kier molecular flexibility index (Phi) is 4.57. The fraction of sp³-hybridized carbons (Fsp3) is 0.350. The number of quaternary nitrogens is 1. The molecule has 5 heteroatoms. The molecule has 0 amide bonds. The van der Waals surface area contributed by atoms with Crippen LogP contribution < -0.4 is 10.2 Å². The van der Waals surface area contributed by atoms with Crippen LogP contribution in [0.25, 0.3) is 22.3 Å². The highest BCUT2D eigenvalue weighted by molar-refractivity contribution is 5.90. The van der Waals surface area contributed by atoms with Crippen molar-refractivity contribution in [1.82, 2.24) is 15.0 Å². The summed E-state index contributed by atoms with van der Waals surface area (Å²) in [6.07, 6.45) is 6.19. The summed E-state index contributed by atoms with van der Waals surface area (Å²) in [5.41, 5.74) is 1.91. The number of para-hydroxylation sites is 1. The van der Waals surface area contributed by atoms with Gasteiger partial charge in [-0.15, -0.1) is 0 Å². The summed E-state index contributed by atoms with van der Waals surface area (Å²) in [7, 11) is 0. The maximum absolute atomic E-state index is 4.81. The average molecular weight is 334 g/mol. The van der Waals surface area contributed by atoms with Crippen molar-refractivity contribution in [2.75, 3.05) is 25.0 Å². The third-order valence-corrected chi connectivity index (χ3v) is 5.12. The number of hydrogen-bond donors (Lipinski definition) is 2. The van der Waals surface area contributed by atoms with Crippen LogP contribution in [0.1, 0.15) is 19.8 Å². The largest absolute Gasteiger partial charge is 0.363 e. The van der Waals surface area contributed by atoms with Gasteiger partial charge in [0, 0.05) is 36.2 Å². The van der Waals surface area contributed by atoms with Crippen LogP contribution in [0.5, 0.6) is 0 Å². The van der Waals surface area contributed by atoms with E-state index in [1.165, 1.54) is 25.9 Å². The second-order valence-corrected chi connectivity index (χ2v) is 6.64. The van der Waals surface area contributed by atoms with Crippen molar-refractivity contribution in [2.45, 2.75) is 25.8 Å². The van der Waals surface area contributed by atoms with E-state index in [9.17, 15) is 0 Å². The highest BCUT2D eigenvalue weighted by atomic mass is 15.2. The number of aromatic nitrogens is 3. The molecular weight excluding hydrogens is 310 g/mol. The summed E-state index contributed by atoms with van der Waals surface area (Å²) in [6, 6.07) is 12.8. The van der Waals surface area contributed by atoms with Gasteiger partial charge in [-0.05, 0) is 31.2 Å². The monoisotopic (exact) mass is 334 g/mol. The number of nitrogens with zero attached hydrogens (tertiary/aromatic N) is 3. The van der Waals surface area contributed by atoms with Crippen LogP contribution in [-0.2, 0) is 0 Å². The molecule has 3 heterocycles. The number of pyridine rings is 1. The zero-order chi connectivity index (χ0) is 17.1. The molecule has 4 rings (SSSR count). The number of benzene rings is 1. The van der Waals surface area contributed by atoms with E-state index in [-0.39, 0.29) is 0 Å². The minimum atomic E-state index is 0.667. The van der Waals surface area contributed by atoms with Crippen LogP contribution in [-0.4, -0.2) is 40.6 Å². The van der Waals surface area contributed by atoms with Crippen molar-refractivity contribution in [3.05, 3.63) is 48.8 Å². The fourth-order valence-corrected chi connectivity index (χ4v) is 3.75. The summed E-state index contributed by atoms with van der Waals surface area (Å²) < 4.78 is 0. The molecule has 1 fully saturated rings. The molecule has 1 aliphatic rings. The Hall–Kier alpha value is -2.53. The molecule has 1 unspecified atom stereocenters. The predicted octanol–water partition coefficient (Wildman–Crippen LogP) is 2.17. The maximum Gasteiger partial charge on any atom is 0.163 e. The SMILES string of the molecule is CC[NH+]1CCC[C@H]1CNc1nc(-c2cccnc2)nc2ccccc12. The van der Waals surface area contributed by atoms with E-state index < -0.39 is 0 Å². The third kappa shape index (κ3) is 3.33. The Morgan fingerprint density at radius 1 is 1.16 bits per heavy atom. The third-order valence-electron chi connectivity index (χ3n) is 5.12. The van der Waals surface area contributed by atoms with Crippen LogP contribution in [0.15, 0.2) is 48.8 Å². The zero-order valence-electron chi connectivity index (χ0n) is 14.6. The number of nitrogens with one attached hydrogen (secondary N) is 2. The van der Waals surface area contributed by atoms with Crippen molar-refractivity contribution in [3.63, 3.8) is 0 Å². The van der Waals surface area contributed by atoms with Crippen molar-refractivity contribution >= 4 is 16.7 Å². The Morgan fingerprint density at radius 2 is 2.08 bits per heavy atom. The molecule has 0 saturated carbocycles. The molecule has 5 nitrogen and oxygen atoms in total. The number of likely N-dealkylation sites (N-methyl/N-ethyl adjacent to an activating group) is 1. The molecule has 2 aromatic heterocycles. The molecule has 128 valence electrons. The quantitative estimate of drug-likeness (QED) is 0.751. The number of fused-ring (bicyclic) bond motifs is 1. The van der Waals surface area contributed by atoms with Gasteiger partial charge >= 0.3 is 0 Å². The zero-order valence-corrected chi connectivity index (χ0v) is 14.6. The molecule has 0 spiro atoms. The molecule has 1 aliphatic heterocycles. The molecule has 0 radical (unpaired) electrons. The van der Waals surface area contributed by atoms with Crippen LogP contribution in [0.3, 0.4) is 0 Å². The second kappa shape index (κ2) is 7.15. The lowest BCUT2D eigenvalue weighted by atomic mass is 10.2.